The number of hydrogen-bond acceptors (Lipinski definition) is 15. The quantitative estimate of drug-likeness (QED) is 0.0222. The van der Waals surface area contributed by atoms with Crippen molar-refractivity contribution in [3.05, 3.63) is 0 Å². The summed E-state index contributed by atoms with van der Waals surface area (Å²) in [5.41, 5.74) is 0. The maximum Gasteiger partial charge on any atom is 0.472 e. The van der Waals surface area contributed by atoms with Gasteiger partial charge in [0.05, 0.1) is 26.4 Å². The van der Waals surface area contributed by atoms with Crippen molar-refractivity contribution < 1.29 is 80.2 Å². The third kappa shape index (κ3) is 63.5. The zero-order valence-electron chi connectivity index (χ0n) is 58.6. The lowest BCUT2D eigenvalue weighted by Crippen LogP contribution is -2.30. The second kappa shape index (κ2) is 61.9. The van der Waals surface area contributed by atoms with Gasteiger partial charge in [0.15, 0.2) is 12.2 Å². The van der Waals surface area contributed by atoms with Crippen LogP contribution in [0.4, 0.5) is 0 Å². The topological polar surface area (TPSA) is 237 Å². The van der Waals surface area contributed by atoms with Gasteiger partial charge in [-0.05, 0) is 43.4 Å². The molecule has 90 heavy (non-hydrogen) atoms. The van der Waals surface area contributed by atoms with Gasteiger partial charge >= 0.3 is 39.5 Å². The average Bonchev–Trinajstić information content (AvgIpc) is 2.64. The van der Waals surface area contributed by atoms with E-state index in [4.69, 9.17) is 37.0 Å². The highest BCUT2D eigenvalue weighted by Gasteiger charge is 2.30. The zero-order chi connectivity index (χ0) is 66.6. The molecule has 0 saturated carbocycles. The summed E-state index contributed by atoms with van der Waals surface area (Å²) in [5.74, 6) is 0.174. The second-order valence-corrected chi connectivity index (χ2v) is 29.7. The van der Waals surface area contributed by atoms with Crippen LogP contribution in [0, 0.1) is 17.8 Å². The van der Waals surface area contributed by atoms with Gasteiger partial charge in [0, 0.05) is 25.7 Å². The van der Waals surface area contributed by atoms with Crippen LogP contribution in [0.25, 0.3) is 0 Å². The molecule has 0 aliphatic heterocycles. The van der Waals surface area contributed by atoms with Gasteiger partial charge in [-0.2, -0.15) is 0 Å². The molecule has 6 atom stereocenters. The van der Waals surface area contributed by atoms with E-state index in [1.54, 1.807) is 0 Å². The monoisotopic (exact) mass is 1320 g/mol. The predicted octanol–water partition coefficient (Wildman–Crippen LogP) is 20.2. The number of esters is 4. The first-order valence-electron chi connectivity index (χ1n) is 36.9. The van der Waals surface area contributed by atoms with E-state index < -0.39 is 97.5 Å². The number of hydrogen-bond donors (Lipinski definition) is 3. The number of unbranched alkanes of at least 4 members (excludes halogenated alkanes) is 36. The first-order valence-corrected chi connectivity index (χ1v) is 39.9. The number of carbonyl (C=O) groups excluding carboxylic acids is 4. The van der Waals surface area contributed by atoms with Crippen molar-refractivity contribution in [2.24, 2.45) is 17.8 Å². The van der Waals surface area contributed by atoms with E-state index in [0.29, 0.717) is 25.7 Å². The van der Waals surface area contributed by atoms with Crippen molar-refractivity contribution in [3.8, 4) is 0 Å². The minimum atomic E-state index is -4.95. The smallest absolute Gasteiger partial charge is 0.462 e. The lowest BCUT2D eigenvalue weighted by Gasteiger charge is -2.21. The maximum absolute atomic E-state index is 13.0. The second-order valence-electron chi connectivity index (χ2n) is 26.8. The molecule has 0 spiro atoms. The molecule has 19 heteroatoms. The van der Waals surface area contributed by atoms with E-state index in [2.05, 4.69) is 48.5 Å². The van der Waals surface area contributed by atoms with Crippen molar-refractivity contribution in [2.75, 3.05) is 39.6 Å². The van der Waals surface area contributed by atoms with Crippen LogP contribution in [-0.2, 0) is 65.4 Å². The van der Waals surface area contributed by atoms with Crippen molar-refractivity contribution in [1.82, 2.24) is 0 Å². The summed E-state index contributed by atoms with van der Waals surface area (Å²) in [6.07, 6.45) is 45.6. The highest BCUT2D eigenvalue weighted by atomic mass is 31.2. The Morgan fingerprint density at radius 2 is 0.567 bits per heavy atom. The molecule has 17 nitrogen and oxygen atoms in total. The molecule has 0 saturated heterocycles. The number of phosphoric ester groups is 2. The molecule has 0 radical (unpaired) electrons. The fraction of sp³-hybridized carbons (Fsp3) is 0.944. The molecule has 0 aliphatic carbocycles. The summed E-state index contributed by atoms with van der Waals surface area (Å²) >= 11 is 0. The Balaban J connectivity index is 5.27. The summed E-state index contributed by atoms with van der Waals surface area (Å²) < 4.78 is 68.3. The molecular formula is C71H138O17P2. The van der Waals surface area contributed by atoms with Gasteiger partial charge in [-0.1, -0.05) is 305 Å². The lowest BCUT2D eigenvalue weighted by atomic mass is 9.99. The van der Waals surface area contributed by atoms with E-state index in [9.17, 15) is 43.2 Å². The van der Waals surface area contributed by atoms with Crippen LogP contribution in [0.15, 0.2) is 0 Å². The zero-order valence-corrected chi connectivity index (χ0v) is 60.4. The van der Waals surface area contributed by atoms with E-state index >= 15 is 0 Å². The van der Waals surface area contributed by atoms with Crippen LogP contribution in [0.2, 0.25) is 0 Å². The van der Waals surface area contributed by atoms with Gasteiger partial charge in [0.2, 0.25) is 0 Å². The van der Waals surface area contributed by atoms with Crippen molar-refractivity contribution in [1.29, 1.82) is 0 Å². The first-order chi connectivity index (χ1) is 43.3. The summed E-state index contributed by atoms with van der Waals surface area (Å²) in [6, 6.07) is 0. The summed E-state index contributed by atoms with van der Waals surface area (Å²) in [7, 11) is -9.90. The third-order valence-electron chi connectivity index (χ3n) is 16.7. The van der Waals surface area contributed by atoms with E-state index in [1.165, 1.54) is 167 Å². The van der Waals surface area contributed by atoms with Gasteiger partial charge in [-0.25, -0.2) is 9.13 Å². The van der Waals surface area contributed by atoms with Gasteiger partial charge in [0.25, 0.3) is 0 Å². The molecule has 0 fully saturated rings. The van der Waals surface area contributed by atoms with E-state index in [1.807, 2.05) is 0 Å². The molecule has 3 N–H and O–H groups in total. The van der Waals surface area contributed by atoms with Gasteiger partial charge in [-0.3, -0.25) is 37.3 Å². The predicted molar refractivity (Wildman–Crippen MR) is 363 cm³/mol. The summed E-state index contributed by atoms with van der Waals surface area (Å²) in [4.78, 5) is 72.6. The van der Waals surface area contributed by atoms with Crippen LogP contribution in [0.1, 0.15) is 357 Å². The fourth-order valence-corrected chi connectivity index (χ4v) is 12.3. The first kappa shape index (κ1) is 88.1. The molecule has 0 aromatic heterocycles. The van der Waals surface area contributed by atoms with Crippen LogP contribution in [0.5, 0.6) is 0 Å². The lowest BCUT2D eigenvalue weighted by molar-refractivity contribution is -0.161. The fourth-order valence-electron chi connectivity index (χ4n) is 10.7. The highest BCUT2D eigenvalue weighted by molar-refractivity contribution is 7.47. The normalized spacial score (nSPS) is 14.5. The van der Waals surface area contributed by atoms with E-state index in [0.717, 1.165) is 108 Å². The number of aliphatic hydroxyl groups excluding tert-OH is 1. The molecule has 0 rings (SSSR count). The van der Waals surface area contributed by atoms with Crippen LogP contribution >= 0.6 is 15.6 Å². The molecular weight excluding hydrogens is 1190 g/mol. The molecule has 3 unspecified atom stereocenters. The van der Waals surface area contributed by atoms with Crippen molar-refractivity contribution in [2.45, 2.75) is 375 Å². The number of rotatable bonds is 69. The minimum absolute atomic E-state index is 0.105. The standard InChI is InChI=1S/C71H138O17P2/c1-8-10-11-12-13-14-15-24-31-38-45-52-68(73)81-59-67(88-71(76)55-48-41-34-27-20-22-29-36-43-50-63(5)6)61-86-90(79,80)84-57-65(72)56-83-89(77,78)85-60-66(58-82-69(74)53-46-39-32-25-18-16-21-28-35-42-49-62(3)4)87-70(75)54-47-40-33-26-19-17-23-30-37-44-51-64(7)9-2/h62-67,72H,8-61H2,1-7H3,(H,77,78)(H,79,80)/t64?,65-,66-,67-/m1/s1. The Labute approximate surface area is 549 Å². The SMILES string of the molecule is CCCCCCCCCCCCCC(=O)OC[C@H](COP(=O)(O)OC[C@H](O)COP(=O)(O)OC[C@@H](COC(=O)CCCCCCCCCCCCC(C)C)OC(=O)CCCCCCCCCCCCC(C)CC)OC(=O)CCCCCCCCCCCC(C)C. The number of carbonyl (C=O) groups is 4. The molecule has 534 valence electrons. The third-order valence-corrected chi connectivity index (χ3v) is 18.6. The van der Waals surface area contributed by atoms with Gasteiger partial charge < -0.3 is 33.8 Å². The van der Waals surface area contributed by atoms with Crippen LogP contribution in [-0.4, -0.2) is 96.7 Å². The molecule has 0 aliphatic rings. The summed E-state index contributed by atoms with van der Waals surface area (Å²) in [6.45, 7) is 11.9. The molecule has 0 aromatic rings. The van der Waals surface area contributed by atoms with Crippen molar-refractivity contribution in [3.63, 3.8) is 0 Å². The maximum atomic E-state index is 13.0. The number of aliphatic hydroxyl groups is 1. The number of phosphoric acid groups is 2. The largest absolute Gasteiger partial charge is 0.472 e. The Morgan fingerprint density at radius 3 is 0.844 bits per heavy atom. The molecule has 0 bridgehead atoms. The van der Waals surface area contributed by atoms with E-state index in [-0.39, 0.29) is 25.7 Å². The average molecular weight is 1330 g/mol. The van der Waals surface area contributed by atoms with Crippen LogP contribution in [0.3, 0.4) is 0 Å². The Hall–Kier alpha value is -1.94. The molecule has 0 heterocycles. The highest BCUT2D eigenvalue weighted by Crippen LogP contribution is 2.45. The number of ether oxygens (including phenoxy) is 4. The van der Waals surface area contributed by atoms with Crippen LogP contribution < -0.4 is 0 Å². The molecule has 0 amide bonds. The van der Waals surface area contributed by atoms with Gasteiger partial charge in [-0.15, -0.1) is 0 Å². The van der Waals surface area contributed by atoms with Gasteiger partial charge in [0.1, 0.15) is 19.3 Å². The Bertz CT molecular complexity index is 1770. The van der Waals surface area contributed by atoms with Crippen molar-refractivity contribution >= 4 is 39.5 Å². The summed E-state index contributed by atoms with van der Waals surface area (Å²) in [5, 5.41) is 10.6. The minimum Gasteiger partial charge on any atom is -0.462 e. The Kier molecular flexibility index (Phi) is 60.6. The Morgan fingerprint density at radius 1 is 0.322 bits per heavy atom. The molecule has 0 aromatic carbocycles.